The summed E-state index contributed by atoms with van der Waals surface area (Å²) in [5.41, 5.74) is 1.63. The van der Waals surface area contributed by atoms with E-state index in [-0.39, 0.29) is 28.9 Å². The Morgan fingerprint density at radius 2 is 1.62 bits per heavy atom. The summed E-state index contributed by atoms with van der Waals surface area (Å²) in [6.07, 6.45) is -3.33. The summed E-state index contributed by atoms with van der Waals surface area (Å²) in [7, 11) is -0.0534. The van der Waals surface area contributed by atoms with Gasteiger partial charge in [0, 0.05) is 37.8 Å². The van der Waals surface area contributed by atoms with Crippen molar-refractivity contribution >= 4 is 27.3 Å². The first-order valence-electron chi connectivity index (χ1n) is 14.5. The zero-order valence-electron chi connectivity index (χ0n) is 25.2. The fraction of sp³-hybridized carbons (Fsp3) is 0.364. The molecule has 0 saturated carbocycles. The van der Waals surface area contributed by atoms with Gasteiger partial charge in [-0.15, -0.1) is 0 Å². The Morgan fingerprint density at radius 3 is 2.16 bits per heavy atom. The lowest BCUT2D eigenvalue weighted by molar-refractivity contribution is -0.137. The van der Waals surface area contributed by atoms with Crippen molar-refractivity contribution in [2.75, 3.05) is 31.3 Å². The van der Waals surface area contributed by atoms with Crippen molar-refractivity contribution in [3.8, 4) is 6.07 Å². The number of nitrogens with one attached hydrogen (secondary N) is 1. The van der Waals surface area contributed by atoms with E-state index >= 15 is 0 Å². The minimum absolute atomic E-state index is 0.0306. The molecule has 1 aliphatic rings. The van der Waals surface area contributed by atoms with Crippen LogP contribution >= 0.6 is 0 Å². The van der Waals surface area contributed by atoms with E-state index in [1.165, 1.54) is 29.2 Å². The monoisotopic (exact) mass is 640 g/mol. The normalized spacial score (nSPS) is 17.7. The second-order valence-corrected chi connectivity index (χ2v) is 13.5. The standard InChI is InChI=1S/C33H35F3N4O4S/c1-4-45(43,44)28-16-9-23(10-17-28)29(19-20-37)38-31(41)24-7-14-27(15-8-24)40-21-25(11-18-30(40)32(42)39(2)3)22-5-12-26(13-6-22)33(34,35)36/h5-10,12-17,25,29-30H,4,11,18-19,21H2,1-3H3,(H,38,41)/t25-,29-,30?/m1/s1. The van der Waals surface area contributed by atoms with Crippen LogP contribution in [0.15, 0.2) is 77.7 Å². The summed E-state index contributed by atoms with van der Waals surface area (Å²) in [5, 5.41) is 12.2. The van der Waals surface area contributed by atoms with Gasteiger partial charge >= 0.3 is 6.18 Å². The molecule has 1 N–H and O–H groups in total. The largest absolute Gasteiger partial charge is 0.416 e. The quantitative estimate of drug-likeness (QED) is 0.320. The first-order valence-corrected chi connectivity index (χ1v) is 16.2. The van der Waals surface area contributed by atoms with E-state index in [2.05, 4.69) is 11.4 Å². The molecule has 1 unspecified atom stereocenters. The smallest absolute Gasteiger partial charge is 0.359 e. The van der Waals surface area contributed by atoms with E-state index in [1.54, 1.807) is 57.4 Å². The number of hydrogen-bond acceptors (Lipinski definition) is 6. The van der Waals surface area contributed by atoms with E-state index < -0.39 is 39.6 Å². The van der Waals surface area contributed by atoms with Crippen LogP contribution in [0.1, 0.15) is 65.2 Å². The van der Waals surface area contributed by atoms with Crippen molar-refractivity contribution in [1.29, 1.82) is 5.26 Å². The summed E-state index contributed by atoms with van der Waals surface area (Å²) in [6, 6.07) is 18.8. The van der Waals surface area contributed by atoms with Crippen LogP contribution in [0.25, 0.3) is 0 Å². The average molecular weight is 641 g/mol. The number of anilines is 1. The van der Waals surface area contributed by atoms with Gasteiger partial charge in [0.25, 0.3) is 5.91 Å². The molecule has 3 aromatic carbocycles. The highest BCUT2D eigenvalue weighted by Crippen LogP contribution is 2.36. The fourth-order valence-electron chi connectivity index (χ4n) is 5.49. The molecule has 12 heteroatoms. The number of benzene rings is 3. The molecule has 1 aliphatic heterocycles. The van der Waals surface area contributed by atoms with Crippen LogP contribution in [0, 0.1) is 11.3 Å². The highest BCUT2D eigenvalue weighted by atomic mass is 32.2. The number of halogens is 3. The van der Waals surface area contributed by atoms with Gasteiger partial charge in [-0.2, -0.15) is 18.4 Å². The van der Waals surface area contributed by atoms with Crippen LogP contribution in [0.2, 0.25) is 0 Å². The molecule has 0 aromatic heterocycles. The molecular formula is C33H35F3N4O4S. The minimum atomic E-state index is -4.43. The topological polar surface area (TPSA) is 111 Å². The van der Waals surface area contributed by atoms with Gasteiger partial charge in [-0.1, -0.05) is 31.2 Å². The number of hydrogen-bond donors (Lipinski definition) is 1. The molecule has 1 saturated heterocycles. The summed E-state index contributed by atoms with van der Waals surface area (Å²) in [6.45, 7) is 1.95. The Labute approximate surface area is 261 Å². The SMILES string of the molecule is CCS(=O)(=O)c1ccc([C@@H](CC#N)NC(=O)c2ccc(N3C[C@H](c4ccc(C(F)(F)F)cc4)CCC3C(=O)N(C)C)cc2)cc1. The number of carbonyl (C=O) groups is 2. The summed E-state index contributed by atoms with van der Waals surface area (Å²) in [4.78, 5) is 29.9. The van der Waals surface area contributed by atoms with Crippen LogP contribution in [-0.4, -0.2) is 57.6 Å². The molecule has 0 radical (unpaired) electrons. The number of piperidine rings is 1. The van der Waals surface area contributed by atoms with Gasteiger partial charge in [-0.05, 0) is 72.5 Å². The van der Waals surface area contributed by atoms with Crippen LogP contribution < -0.4 is 10.2 Å². The number of rotatable bonds is 9. The lowest BCUT2D eigenvalue weighted by Crippen LogP contribution is -2.51. The first kappa shape index (κ1) is 33.5. The fourth-order valence-corrected chi connectivity index (χ4v) is 6.37. The van der Waals surface area contributed by atoms with Gasteiger partial charge in [0.15, 0.2) is 9.84 Å². The van der Waals surface area contributed by atoms with Crippen molar-refractivity contribution < 1.29 is 31.2 Å². The molecule has 1 heterocycles. The van der Waals surface area contributed by atoms with Gasteiger partial charge in [0.1, 0.15) is 6.04 Å². The van der Waals surface area contributed by atoms with Crippen LogP contribution in [-0.2, 0) is 20.8 Å². The van der Waals surface area contributed by atoms with Crippen molar-refractivity contribution in [2.24, 2.45) is 0 Å². The third-order valence-electron chi connectivity index (χ3n) is 8.10. The zero-order chi connectivity index (χ0) is 32.9. The maximum atomic E-state index is 13.2. The number of likely N-dealkylation sites (N-methyl/N-ethyl adjacent to an activating group) is 1. The third-order valence-corrected chi connectivity index (χ3v) is 9.85. The van der Waals surface area contributed by atoms with E-state index in [4.69, 9.17) is 0 Å². The second-order valence-electron chi connectivity index (χ2n) is 11.2. The Morgan fingerprint density at radius 1 is 1.00 bits per heavy atom. The maximum absolute atomic E-state index is 13.2. The predicted octanol–water partition coefficient (Wildman–Crippen LogP) is 5.72. The van der Waals surface area contributed by atoms with Crippen molar-refractivity contribution in [3.05, 3.63) is 95.1 Å². The molecule has 0 spiro atoms. The average Bonchev–Trinajstić information content (AvgIpc) is 3.03. The van der Waals surface area contributed by atoms with E-state index in [9.17, 15) is 36.4 Å². The lowest BCUT2D eigenvalue weighted by atomic mass is 9.86. The van der Waals surface area contributed by atoms with Crippen molar-refractivity contribution in [1.82, 2.24) is 10.2 Å². The van der Waals surface area contributed by atoms with Crippen molar-refractivity contribution in [3.63, 3.8) is 0 Å². The zero-order valence-corrected chi connectivity index (χ0v) is 26.0. The molecule has 45 heavy (non-hydrogen) atoms. The van der Waals surface area contributed by atoms with Crippen LogP contribution in [0.3, 0.4) is 0 Å². The Hall–Kier alpha value is -4.37. The number of carbonyl (C=O) groups excluding carboxylic acids is 2. The van der Waals surface area contributed by atoms with Gasteiger partial charge in [0.2, 0.25) is 5.91 Å². The molecule has 0 aliphatic carbocycles. The first-order chi connectivity index (χ1) is 21.2. The minimum Gasteiger partial charge on any atom is -0.359 e. The molecule has 4 rings (SSSR count). The molecule has 2 amide bonds. The second kappa shape index (κ2) is 13.7. The van der Waals surface area contributed by atoms with Gasteiger partial charge in [-0.25, -0.2) is 8.42 Å². The van der Waals surface area contributed by atoms with Gasteiger partial charge in [-0.3, -0.25) is 9.59 Å². The Bertz CT molecular complexity index is 1650. The Balaban J connectivity index is 1.54. The molecule has 8 nitrogen and oxygen atoms in total. The number of alkyl halides is 3. The number of sulfone groups is 1. The molecule has 238 valence electrons. The Kier molecular flexibility index (Phi) is 10.2. The number of nitrogens with zero attached hydrogens (tertiary/aromatic N) is 3. The maximum Gasteiger partial charge on any atom is 0.416 e. The molecule has 3 atom stereocenters. The van der Waals surface area contributed by atoms with Crippen LogP contribution in [0.4, 0.5) is 18.9 Å². The molecule has 0 bridgehead atoms. The molecule has 3 aromatic rings. The van der Waals surface area contributed by atoms with E-state index in [1.807, 2.05) is 4.90 Å². The number of nitriles is 1. The number of amides is 2. The van der Waals surface area contributed by atoms with Crippen LogP contribution in [0.5, 0.6) is 0 Å². The summed E-state index contributed by atoms with van der Waals surface area (Å²) >= 11 is 0. The molecular weight excluding hydrogens is 605 g/mol. The summed E-state index contributed by atoms with van der Waals surface area (Å²) in [5.74, 6) is -0.682. The van der Waals surface area contributed by atoms with E-state index in [0.29, 0.717) is 36.2 Å². The molecule has 1 fully saturated rings. The highest BCUT2D eigenvalue weighted by Gasteiger charge is 2.35. The predicted molar refractivity (Wildman–Crippen MR) is 164 cm³/mol. The third kappa shape index (κ3) is 7.84. The van der Waals surface area contributed by atoms with Gasteiger partial charge < -0.3 is 15.1 Å². The van der Waals surface area contributed by atoms with Gasteiger partial charge in [0.05, 0.1) is 34.7 Å². The van der Waals surface area contributed by atoms with Crippen molar-refractivity contribution in [2.45, 2.75) is 55.3 Å². The summed E-state index contributed by atoms with van der Waals surface area (Å²) < 4.78 is 63.6. The highest BCUT2D eigenvalue weighted by molar-refractivity contribution is 7.91. The lowest BCUT2D eigenvalue weighted by Gasteiger charge is -2.41. The van der Waals surface area contributed by atoms with E-state index in [0.717, 1.165) is 17.7 Å².